The molecule has 3 heteroatoms. The third-order valence-electron chi connectivity index (χ3n) is 1.56. The maximum absolute atomic E-state index is 4.29. The molecule has 0 aliphatic carbocycles. The van der Waals surface area contributed by atoms with Crippen molar-refractivity contribution in [2.45, 2.75) is 12.8 Å². The molecule has 1 aliphatic rings. The molecule has 0 atom stereocenters. The van der Waals surface area contributed by atoms with Crippen LogP contribution in [0, 0.1) is 5.25 Å². The number of nitrogens with zero attached hydrogens (tertiary/aromatic N) is 1. The Bertz CT molecular complexity index is 61.5. The predicted molar refractivity (Wildman–Crippen MR) is 39.0 cm³/mol. The minimum Gasteiger partial charge on any atom is -0.366 e. The standard InChI is InChI=1S/C6H12NS.Rb/c1-7-4-2-6(8)3-5-7;/h8H,2-5H2,1H3;/q-1;+1. The number of piperidine rings is 1. The third-order valence-corrected chi connectivity index (χ3v) is 2.01. The van der Waals surface area contributed by atoms with E-state index in [4.69, 9.17) is 0 Å². The van der Waals surface area contributed by atoms with Gasteiger partial charge in [-0.15, -0.1) is 0 Å². The Morgan fingerprint density at radius 2 is 1.78 bits per heavy atom. The molecule has 0 spiro atoms. The zero-order chi connectivity index (χ0) is 5.98. The minimum absolute atomic E-state index is 0. The Balaban J connectivity index is 0.000000640. The number of rotatable bonds is 0. The van der Waals surface area contributed by atoms with Gasteiger partial charge >= 0.3 is 58.2 Å². The molecular weight excluding hydrogens is 204 g/mol. The molecule has 0 aromatic carbocycles. The number of hydrogen-bond donors (Lipinski definition) is 1. The summed E-state index contributed by atoms with van der Waals surface area (Å²) in [6.45, 7) is 2.39. The van der Waals surface area contributed by atoms with Gasteiger partial charge in [0.1, 0.15) is 0 Å². The second-order valence-electron chi connectivity index (χ2n) is 2.37. The molecule has 9 heavy (non-hydrogen) atoms. The molecule has 0 saturated carbocycles. The summed E-state index contributed by atoms with van der Waals surface area (Å²) < 4.78 is 0. The van der Waals surface area contributed by atoms with Crippen LogP contribution in [0.4, 0.5) is 0 Å². The molecule has 0 aromatic rings. The predicted octanol–water partition coefficient (Wildman–Crippen LogP) is -1.82. The van der Waals surface area contributed by atoms with Crippen LogP contribution in [-0.4, -0.2) is 25.0 Å². The fraction of sp³-hybridized carbons (Fsp3) is 0.833. The zero-order valence-corrected chi connectivity index (χ0v) is 12.0. The first kappa shape index (κ1) is 11.1. The normalized spacial score (nSPS) is 23.3. The van der Waals surface area contributed by atoms with Crippen molar-refractivity contribution in [1.29, 1.82) is 0 Å². The summed E-state index contributed by atoms with van der Waals surface area (Å²) in [7, 11) is 2.15. The van der Waals surface area contributed by atoms with Crippen molar-refractivity contribution in [2.75, 3.05) is 20.1 Å². The van der Waals surface area contributed by atoms with Crippen LogP contribution < -0.4 is 58.2 Å². The van der Waals surface area contributed by atoms with Crippen LogP contribution in [0.2, 0.25) is 0 Å². The van der Waals surface area contributed by atoms with Crippen LogP contribution in [0.25, 0.3) is 0 Å². The molecule has 1 rings (SSSR count). The van der Waals surface area contributed by atoms with Crippen molar-refractivity contribution in [3.8, 4) is 0 Å². The van der Waals surface area contributed by atoms with E-state index in [1.165, 1.54) is 31.2 Å². The van der Waals surface area contributed by atoms with E-state index in [9.17, 15) is 0 Å². The average molecular weight is 216 g/mol. The van der Waals surface area contributed by atoms with Gasteiger partial charge in [-0.25, -0.2) is 0 Å². The minimum atomic E-state index is 0. The Labute approximate surface area is 112 Å². The van der Waals surface area contributed by atoms with Gasteiger partial charge in [-0.3, -0.25) is 5.25 Å². The first-order valence-corrected chi connectivity index (χ1v) is 3.46. The topological polar surface area (TPSA) is 3.24 Å². The van der Waals surface area contributed by atoms with E-state index in [1.54, 1.807) is 0 Å². The Morgan fingerprint density at radius 3 is 2.11 bits per heavy atom. The fourth-order valence-corrected chi connectivity index (χ4v) is 1.08. The van der Waals surface area contributed by atoms with Crippen LogP contribution in [-0.2, 0) is 0 Å². The van der Waals surface area contributed by atoms with Gasteiger partial charge in [0.15, 0.2) is 0 Å². The Morgan fingerprint density at radius 1 is 1.33 bits per heavy atom. The molecular formula is C6H12NRbS. The first-order chi connectivity index (χ1) is 3.79. The second kappa shape index (κ2) is 5.73. The van der Waals surface area contributed by atoms with Crippen LogP contribution in [0.1, 0.15) is 12.8 Å². The van der Waals surface area contributed by atoms with Crippen molar-refractivity contribution in [1.82, 2.24) is 4.90 Å². The first-order valence-electron chi connectivity index (χ1n) is 3.01. The molecule has 1 aliphatic heterocycles. The van der Waals surface area contributed by atoms with E-state index in [-0.39, 0.29) is 58.2 Å². The van der Waals surface area contributed by atoms with Crippen molar-refractivity contribution in [3.63, 3.8) is 0 Å². The summed E-state index contributed by atoms with van der Waals surface area (Å²) in [6, 6.07) is 0. The molecule has 0 radical (unpaired) electrons. The van der Waals surface area contributed by atoms with Crippen LogP contribution in [0.15, 0.2) is 0 Å². The summed E-state index contributed by atoms with van der Waals surface area (Å²) >= 11 is 4.29. The largest absolute Gasteiger partial charge is 1.00 e. The molecule has 0 bridgehead atoms. The summed E-state index contributed by atoms with van der Waals surface area (Å²) in [4.78, 5) is 2.33. The molecule has 0 amide bonds. The third kappa shape index (κ3) is 4.54. The Hall–Kier alpha value is 2.12. The monoisotopic (exact) mass is 215 g/mol. The molecule has 0 N–H and O–H groups in total. The van der Waals surface area contributed by atoms with Crippen LogP contribution in [0.5, 0.6) is 0 Å². The van der Waals surface area contributed by atoms with Crippen molar-refractivity contribution >= 4 is 12.6 Å². The number of hydrogen-bond acceptors (Lipinski definition) is 2. The van der Waals surface area contributed by atoms with Crippen molar-refractivity contribution < 1.29 is 58.2 Å². The van der Waals surface area contributed by atoms with E-state index in [0.717, 1.165) is 0 Å². The molecule has 1 heterocycles. The van der Waals surface area contributed by atoms with Crippen molar-refractivity contribution in [3.05, 3.63) is 5.25 Å². The molecule has 0 unspecified atom stereocenters. The quantitative estimate of drug-likeness (QED) is 0.368. The Kier molecular flexibility index (Phi) is 7.07. The van der Waals surface area contributed by atoms with Crippen molar-refractivity contribution in [2.24, 2.45) is 0 Å². The van der Waals surface area contributed by atoms with Gasteiger partial charge in [0.25, 0.3) is 0 Å². The van der Waals surface area contributed by atoms with Gasteiger partial charge in [-0.1, -0.05) is 0 Å². The fourth-order valence-electron chi connectivity index (χ4n) is 0.877. The second-order valence-corrected chi connectivity index (χ2v) is 3.00. The summed E-state index contributed by atoms with van der Waals surface area (Å²) in [5.41, 5.74) is 0. The van der Waals surface area contributed by atoms with E-state index in [2.05, 4.69) is 24.6 Å². The smallest absolute Gasteiger partial charge is 0.366 e. The van der Waals surface area contributed by atoms with Gasteiger partial charge < -0.3 is 17.5 Å². The van der Waals surface area contributed by atoms with E-state index in [1.807, 2.05) is 0 Å². The molecule has 0 aromatic heterocycles. The van der Waals surface area contributed by atoms with Gasteiger partial charge in [-0.2, -0.15) is 12.8 Å². The molecule has 48 valence electrons. The van der Waals surface area contributed by atoms with E-state index >= 15 is 0 Å². The maximum Gasteiger partial charge on any atom is 1.00 e. The molecule has 1 saturated heterocycles. The van der Waals surface area contributed by atoms with Crippen LogP contribution >= 0.6 is 12.6 Å². The van der Waals surface area contributed by atoms with Gasteiger partial charge in [0.2, 0.25) is 0 Å². The van der Waals surface area contributed by atoms with Gasteiger partial charge in [0, 0.05) is 0 Å². The SMILES string of the molecule is CN1CC[C-](S)CC1.[Rb+]. The molecule has 1 nitrogen and oxygen atoms in total. The summed E-state index contributed by atoms with van der Waals surface area (Å²) in [5, 5.41) is 1.36. The summed E-state index contributed by atoms with van der Waals surface area (Å²) in [5.74, 6) is 0. The van der Waals surface area contributed by atoms with Gasteiger partial charge in [0.05, 0.1) is 0 Å². The average Bonchev–Trinajstić information content (AvgIpc) is 1.77. The zero-order valence-electron chi connectivity index (χ0n) is 6.22. The summed E-state index contributed by atoms with van der Waals surface area (Å²) in [6.07, 6.45) is 2.36. The van der Waals surface area contributed by atoms with Gasteiger partial charge in [-0.05, 0) is 20.1 Å². The number of likely N-dealkylation sites (tertiary alicyclic amines) is 1. The van der Waals surface area contributed by atoms with Crippen LogP contribution in [0.3, 0.4) is 0 Å². The molecule has 1 fully saturated rings. The maximum atomic E-state index is 4.29. The number of thiol groups is 1. The van der Waals surface area contributed by atoms with E-state index in [0.29, 0.717) is 0 Å². The van der Waals surface area contributed by atoms with E-state index < -0.39 is 0 Å².